The molecule has 3 N–H and O–H groups in total. The molecule has 1 aromatic heterocycles. The zero-order chi connectivity index (χ0) is 16.8. The minimum Gasteiger partial charge on any atom is -0.392 e. The minimum absolute atomic E-state index is 0.225. The lowest BCUT2D eigenvalue weighted by atomic mass is 9.96. The first-order valence-electron chi connectivity index (χ1n) is 8.91. The SMILES string of the molecule is CC(O)CN1CCC(CNCc2cn[nH]c2-c2ccccc2)CC1. The van der Waals surface area contributed by atoms with Crippen LogP contribution in [0.25, 0.3) is 11.3 Å². The number of aliphatic hydroxyl groups excluding tert-OH is 1. The maximum absolute atomic E-state index is 9.47. The first kappa shape index (κ1) is 17.1. The van der Waals surface area contributed by atoms with E-state index in [0.717, 1.165) is 44.3 Å². The quantitative estimate of drug-likeness (QED) is 0.729. The second-order valence-electron chi connectivity index (χ2n) is 6.86. The molecular weight excluding hydrogens is 300 g/mol. The molecule has 0 bridgehead atoms. The average molecular weight is 328 g/mol. The van der Waals surface area contributed by atoms with Gasteiger partial charge in [0, 0.05) is 18.7 Å². The van der Waals surface area contributed by atoms with Crippen LogP contribution in [-0.4, -0.2) is 52.5 Å². The van der Waals surface area contributed by atoms with Gasteiger partial charge in [0.05, 0.1) is 18.0 Å². The Morgan fingerprint density at radius 2 is 2.04 bits per heavy atom. The van der Waals surface area contributed by atoms with Crippen molar-refractivity contribution in [1.82, 2.24) is 20.4 Å². The van der Waals surface area contributed by atoms with Crippen LogP contribution in [0.15, 0.2) is 36.5 Å². The van der Waals surface area contributed by atoms with Crippen LogP contribution in [0, 0.1) is 5.92 Å². The molecule has 2 aromatic rings. The van der Waals surface area contributed by atoms with E-state index >= 15 is 0 Å². The topological polar surface area (TPSA) is 64.2 Å². The predicted molar refractivity (Wildman–Crippen MR) is 96.6 cm³/mol. The first-order valence-corrected chi connectivity index (χ1v) is 8.91. The van der Waals surface area contributed by atoms with Gasteiger partial charge in [0.2, 0.25) is 0 Å². The summed E-state index contributed by atoms with van der Waals surface area (Å²) in [5.41, 5.74) is 3.50. The molecule has 5 heteroatoms. The third-order valence-electron chi connectivity index (χ3n) is 4.76. The van der Waals surface area contributed by atoms with Crippen LogP contribution in [0.3, 0.4) is 0 Å². The molecular formula is C19H28N4O. The van der Waals surface area contributed by atoms with E-state index in [2.05, 4.69) is 44.7 Å². The molecule has 130 valence electrons. The lowest BCUT2D eigenvalue weighted by Gasteiger charge is -2.32. The van der Waals surface area contributed by atoms with Crippen molar-refractivity contribution < 1.29 is 5.11 Å². The summed E-state index contributed by atoms with van der Waals surface area (Å²) in [6.45, 7) is 6.74. The van der Waals surface area contributed by atoms with E-state index in [1.165, 1.54) is 24.0 Å². The molecule has 1 atom stereocenters. The molecule has 1 aliphatic heterocycles. The second kappa shape index (κ2) is 8.42. The number of hydrogen-bond acceptors (Lipinski definition) is 4. The standard InChI is InChI=1S/C19H28N4O/c1-15(24)14-23-9-7-16(8-10-23)11-20-12-18-13-21-22-19(18)17-5-3-2-4-6-17/h2-6,13,15-16,20,24H,7-12,14H2,1H3,(H,21,22). The monoisotopic (exact) mass is 328 g/mol. The van der Waals surface area contributed by atoms with Gasteiger partial charge < -0.3 is 15.3 Å². The largest absolute Gasteiger partial charge is 0.392 e. The van der Waals surface area contributed by atoms with Crippen LogP contribution in [0.2, 0.25) is 0 Å². The predicted octanol–water partition coefficient (Wildman–Crippen LogP) is 2.26. The third-order valence-corrected chi connectivity index (χ3v) is 4.76. The molecule has 0 spiro atoms. The summed E-state index contributed by atoms with van der Waals surface area (Å²) in [4.78, 5) is 2.37. The number of rotatable bonds is 7. The third kappa shape index (κ3) is 4.66. The van der Waals surface area contributed by atoms with Gasteiger partial charge in [-0.2, -0.15) is 5.10 Å². The zero-order valence-electron chi connectivity index (χ0n) is 14.4. The molecule has 1 aliphatic rings. The lowest BCUT2D eigenvalue weighted by molar-refractivity contribution is 0.0998. The Labute approximate surface area is 144 Å². The van der Waals surface area contributed by atoms with Crippen LogP contribution in [0.4, 0.5) is 0 Å². The van der Waals surface area contributed by atoms with Crippen molar-refractivity contribution >= 4 is 0 Å². The van der Waals surface area contributed by atoms with E-state index in [1.807, 2.05) is 19.2 Å². The van der Waals surface area contributed by atoms with Crippen molar-refractivity contribution in [3.05, 3.63) is 42.1 Å². The van der Waals surface area contributed by atoms with Gasteiger partial charge >= 0.3 is 0 Å². The van der Waals surface area contributed by atoms with Gasteiger partial charge in [-0.1, -0.05) is 30.3 Å². The van der Waals surface area contributed by atoms with E-state index in [4.69, 9.17) is 0 Å². The number of aliphatic hydroxyl groups is 1. The number of aromatic amines is 1. The Bertz CT molecular complexity index is 603. The van der Waals surface area contributed by atoms with E-state index in [0.29, 0.717) is 0 Å². The van der Waals surface area contributed by atoms with E-state index in [9.17, 15) is 5.11 Å². The molecule has 1 fully saturated rings. The summed E-state index contributed by atoms with van der Waals surface area (Å²) in [5.74, 6) is 0.724. The molecule has 1 saturated heterocycles. The average Bonchev–Trinajstić information content (AvgIpc) is 3.05. The van der Waals surface area contributed by atoms with Crippen molar-refractivity contribution in [1.29, 1.82) is 0 Å². The van der Waals surface area contributed by atoms with Crippen LogP contribution >= 0.6 is 0 Å². The van der Waals surface area contributed by atoms with Crippen molar-refractivity contribution in [3.8, 4) is 11.3 Å². The molecule has 0 radical (unpaired) electrons. The molecule has 0 amide bonds. The molecule has 3 rings (SSSR count). The fourth-order valence-corrected chi connectivity index (χ4v) is 3.46. The maximum Gasteiger partial charge on any atom is 0.0695 e. The molecule has 0 aliphatic carbocycles. The van der Waals surface area contributed by atoms with E-state index < -0.39 is 0 Å². The van der Waals surface area contributed by atoms with Crippen LogP contribution in [0.5, 0.6) is 0 Å². The number of hydrogen-bond donors (Lipinski definition) is 3. The summed E-state index contributed by atoms with van der Waals surface area (Å²) in [7, 11) is 0. The Morgan fingerprint density at radius 3 is 2.75 bits per heavy atom. The highest BCUT2D eigenvalue weighted by atomic mass is 16.3. The first-order chi connectivity index (χ1) is 11.7. The number of aromatic nitrogens is 2. The molecule has 24 heavy (non-hydrogen) atoms. The van der Waals surface area contributed by atoms with Gasteiger partial charge in [-0.25, -0.2) is 0 Å². The highest BCUT2D eigenvalue weighted by molar-refractivity contribution is 5.62. The summed E-state index contributed by atoms with van der Waals surface area (Å²) < 4.78 is 0. The number of benzene rings is 1. The van der Waals surface area contributed by atoms with E-state index in [-0.39, 0.29) is 6.10 Å². The summed E-state index contributed by atoms with van der Waals surface area (Å²) >= 11 is 0. The van der Waals surface area contributed by atoms with Crippen LogP contribution in [0.1, 0.15) is 25.3 Å². The van der Waals surface area contributed by atoms with Gasteiger partial charge in [0.1, 0.15) is 0 Å². The molecule has 0 saturated carbocycles. The number of H-pyrrole nitrogens is 1. The Hall–Kier alpha value is -1.69. The molecule has 1 aromatic carbocycles. The van der Waals surface area contributed by atoms with Gasteiger partial charge in [0.15, 0.2) is 0 Å². The fraction of sp³-hybridized carbons (Fsp3) is 0.526. The summed E-state index contributed by atoms with van der Waals surface area (Å²) in [6.07, 6.45) is 4.10. The number of nitrogens with zero attached hydrogens (tertiary/aromatic N) is 2. The minimum atomic E-state index is -0.225. The number of likely N-dealkylation sites (tertiary alicyclic amines) is 1. The van der Waals surface area contributed by atoms with Crippen molar-refractivity contribution in [2.75, 3.05) is 26.2 Å². The maximum atomic E-state index is 9.47. The number of β-amino-alcohol motifs (C(OH)–C–C–N with tert-alkyl or cyclic N) is 1. The van der Waals surface area contributed by atoms with Gasteiger partial charge in [0.25, 0.3) is 0 Å². The van der Waals surface area contributed by atoms with Crippen LogP contribution in [-0.2, 0) is 6.54 Å². The molecule has 1 unspecified atom stereocenters. The number of nitrogens with one attached hydrogen (secondary N) is 2. The second-order valence-corrected chi connectivity index (χ2v) is 6.86. The normalized spacial score (nSPS) is 17.9. The molecule has 5 nitrogen and oxygen atoms in total. The highest BCUT2D eigenvalue weighted by Gasteiger charge is 2.19. The van der Waals surface area contributed by atoms with Crippen molar-refractivity contribution in [2.45, 2.75) is 32.4 Å². The van der Waals surface area contributed by atoms with Crippen molar-refractivity contribution in [2.24, 2.45) is 5.92 Å². The lowest BCUT2D eigenvalue weighted by Crippen LogP contribution is -2.40. The highest BCUT2D eigenvalue weighted by Crippen LogP contribution is 2.21. The summed E-state index contributed by atoms with van der Waals surface area (Å²) in [6, 6.07) is 10.3. The Balaban J connectivity index is 1.44. The van der Waals surface area contributed by atoms with Gasteiger partial charge in [-0.05, 0) is 50.9 Å². The zero-order valence-corrected chi connectivity index (χ0v) is 14.4. The van der Waals surface area contributed by atoms with Gasteiger partial charge in [-0.15, -0.1) is 0 Å². The smallest absolute Gasteiger partial charge is 0.0695 e. The Morgan fingerprint density at radius 1 is 1.29 bits per heavy atom. The Kier molecular flexibility index (Phi) is 6.01. The van der Waals surface area contributed by atoms with Crippen LogP contribution < -0.4 is 5.32 Å². The summed E-state index contributed by atoms with van der Waals surface area (Å²) in [5, 5.41) is 20.4. The number of piperidine rings is 1. The fourth-order valence-electron chi connectivity index (χ4n) is 3.46. The molecule has 2 heterocycles. The van der Waals surface area contributed by atoms with Crippen molar-refractivity contribution in [3.63, 3.8) is 0 Å². The van der Waals surface area contributed by atoms with Gasteiger partial charge in [-0.3, -0.25) is 5.10 Å². The van der Waals surface area contributed by atoms with E-state index in [1.54, 1.807) is 0 Å².